The van der Waals surface area contributed by atoms with Crippen molar-refractivity contribution < 1.29 is 9.18 Å². The zero-order valence-corrected chi connectivity index (χ0v) is 17.3. The molecule has 2 aliphatic rings. The van der Waals surface area contributed by atoms with Gasteiger partial charge in [0.1, 0.15) is 5.82 Å². The Morgan fingerprint density at radius 2 is 1.89 bits per heavy atom. The molecule has 2 atom stereocenters. The second-order valence-electron chi connectivity index (χ2n) is 8.12. The summed E-state index contributed by atoms with van der Waals surface area (Å²) in [5, 5.41) is 6.61. The Morgan fingerprint density at radius 1 is 1.18 bits per heavy atom. The van der Waals surface area contributed by atoms with Gasteiger partial charge < -0.3 is 15.5 Å². The van der Waals surface area contributed by atoms with Crippen molar-refractivity contribution in [2.24, 2.45) is 0 Å². The Labute approximate surface area is 168 Å². The van der Waals surface area contributed by atoms with Crippen molar-refractivity contribution >= 4 is 5.91 Å². The molecule has 2 aliphatic heterocycles. The van der Waals surface area contributed by atoms with E-state index in [0.29, 0.717) is 19.1 Å². The maximum Gasteiger partial charge on any atom is 0.237 e. The van der Waals surface area contributed by atoms with Crippen LogP contribution in [0.2, 0.25) is 0 Å². The molecule has 0 aromatic heterocycles. The number of carbonyl (C=O) groups is 1. The van der Waals surface area contributed by atoms with E-state index < -0.39 is 0 Å². The fraction of sp³-hybridized carbons (Fsp3) is 0.682. The number of benzene rings is 1. The van der Waals surface area contributed by atoms with Crippen molar-refractivity contribution in [1.29, 1.82) is 0 Å². The van der Waals surface area contributed by atoms with Crippen LogP contribution in [0.3, 0.4) is 0 Å². The molecule has 2 heterocycles. The Hall–Kier alpha value is -1.50. The number of likely N-dealkylation sites (N-methyl/N-ethyl adjacent to an activating group) is 1. The third-order valence-electron chi connectivity index (χ3n) is 6.07. The lowest BCUT2D eigenvalue weighted by molar-refractivity contribution is -0.126. The number of nitrogens with one attached hydrogen (secondary N) is 2. The molecule has 3 rings (SSSR count). The minimum absolute atomic E-state index is 0.0478. The van der Waals surface area contributed by atoms with Crippen LogP contribution in [0.1, 0.15) is 45.1 Å². The highest BCUT2D eigenvalue weighted by Crippen LogP contribution is 2.27. The van der Waals surface area contributed by atoms with Crippen LogP contribution in [-0.2, 0) is 11.3 Å². The molecular formula is C22H35FN4O. The van der Waals surface area contributed by atoms with Gasteiger partial charge in [-0.2, -0.15) is 0 Å². The summed E-state index contributed by atoms with van der Waals surface area (Å²) >= 11 is 0. The average molecular weight is 391 g/mol. The largest absolute Gasteiger partial charge is 0.355 e. The molecule has 0 bridgehead atoms. The number of likely N-dealkylation sites (tertiary alicyclic amines) is 2. The van der Waals surface area contributed by atoms with Gasteiger partial charge in [0.2, 0.25) is 5.91 Å². The Kier molecular flexibility index (Phi) is 7.82. The van der Waals surface area contributed by atoms with E-state index in [4.69, 9.17) is 0 Å². The highest BCUT2D eigenvalue weighted by molar-refractivity contribution is 5.82. The van der Waals surface area contributed by atoms with Crippen LogP contribution in [0.15, 0.2) is 24.3 Å². The van der Waals surface area contributed by atoms with E-state index in [-0.39, 0.29) is 23.8 Å². The molecule has 1 amide bonds. The summed E-state index contributed by atoms with van der Waals surface area (Å²) < 4.78 is 13.1. The van der Waals surface area contributed by atoms with Crippen LogP contribution < -0.4 is 10.6 Å². The molecule has 28 heavy (non-hydrogen) atoms. The Bertz CT molecular complexity index is 615. The SMILES string of the molecule is CCCN1CCC(N2C[C@H](NCc3ccc(F)cc3)C[C@H]2C(=O)NCC)CC1. The number of rotatable bonds is 8. The summed E-state index contributed by atoms with van der Waals surface area (Å²) in [6, 6.07) is 7.36. The minimum Gasteiger partial charge on any atom is -0.355 e. The molecule has 0 radical (unpaired) electrons. The predicted molar refractivity (Wildman–Crippen MR) is 111 cm³/mol. The number of piperidine rings is 1. The summed E-state index contributed by atoms with van der Waals surface area (Å²) in [4.78, 5) is 17.7. The van der Waals surface area contributed by atoms with Crippen molar-refractivity contribution in [1.82, 2.24) is 20.4 Å². The van der Waals surface area contributed by atoms with Crippen LogP contribution in [0.4, 0.5) is 4.39 Å². The molecule has 0 spiro atoms. The first kappa shape index (κ1) is 21.2. The molecule has 2 N–H and O–H groups in total. The van der Waals surface area contributed by atoms with Gasteiger partial charge in [-0.25, -0.2) is 4.39 Å². The van der Waals surface area contributed by atoms with Gasteiger partial charge in [-0.1, -0.05) is 19.1 Å². The summed E-state index contributed by atoms with van der Waals surface area (Å²) in [6.45, 7) is 9.92. The van der Waals surface area contributed by atoms with E-state index in [9.17, 15) is 9.18 Å². The van der Waals surface area contributed by atoms with Crippen molar-refractivity contribution in [2.75, 3.05) is 32.7 Å². The fourth-order valence-corrected chi connectivity index (χ4v) is 4.62. The zero-order valence-electron chi connectivity index (χ0n) is 17.3. The highest BCUT2D eigenvalue weighted by Gasteiger charge is 2.40. The van der Waals surface area contributed by atoms with Crippen molar-refractivity contribution in [3.05, 3.63) is 35.6 Å². The van der Waals surface area contributed by atoms with Gasteiger partial charge in [-0.05, 0) is 69.9 Å². The number of carbonyl (C=O) groups excluding carboxylic acids is 1. The summed E-state index contributed by atoms with van der Waals surface area (Å²) in [7, 11) is 0. The van der Waals surface area contributed by atoms with Crippen LogP contribution in [0.5, 0.6) is 0 Å². The maximum atomic E-state index is 13.1. The standard InChI is InChI=1S/C22H35FN4O/c1-3-11-26-12-9-20(10-13-26)27-16-19(14-21(27)22(28)24-4-2)25-15-17-5-7-18(23)8-6-17/h5-8,19-21,25H,3-4,9-16H2,1-2H3,(H,24,28)/t19-,21+/m1/s1. The molecule has 6 heteroatoms. The molecule has 5 nitrogen and oxygen atoms in total. The third-order valence-corrected chi connectivity index (χ3v) is 6.07. The normalized spacial score (nSPS) is 24.5. The van der Waals surface area contributed by atoms with E-state index in [2.05, 4.69) is 27.4 Å². The average Bonchev–Trinajstić information content (AvgIpc) is 3.13. The van der Waals surface area contributed by atoms with E-state index in [0.717, 1.165) is 44.5 Å². The van der Waals surface area contributed by atoms with E-state index >= 15 is 0 Å². The lowest BCUT2D eigenvalue weighted by Gasteiger charge is -2.38. The first-order chi connectivity index (χ1) is 13.6. The van der Waals surface area contributed by atoms with Crippen LogP contribution in [0.25, 0.3) is 0 Å². The van der Waals surface area contributed by atoms with Gasteiger partial charge in [0.05, 0.1) is 6.04 Å². The second kappa shape index (κ2) is 10.3. The predicted octanol–water partition coefficient (Wildman–Crippen LogP) is 2.37. The fourth-order valence-electron chi connectivity index (χ4n) is 4.62. The van der Waals surface area contributed by atoms with Gasteiger partial charge in [-0.15, -0.1) is 0 Å². The number of hydrogen-bond donors (Lipinski definition) is 2. The van der Waals surface area contributed by atoms with Crippen molar-refractivity contribution in [3.8, 4) is 0 Å². The van der Waals surface area contributed by atoms with Crippen molar-refractivity contribution in [2.45, 2.75) is 64.2 Å². The lowest BCUT2D eigenvalue weighted by atomic mass is 10.0. The van der Waals surface area contributed by atoms with Crippen molar-refractivity contribution in [3.63, 3.8) is 0 Å². The highest BCUT2D eigenvalue weighted by atomic mass is 19.1. The molecule has 0 saturated carbocycles. The molecule has 156 valence electrons. The quantitative estimate of drug-likeness (QED) is 0.716. The molecule has 1 aromatic rings. The second-order valence-corrected chi connectivity index (χ2v) is 8.12. The smallest absolute Gasteiger partial charge is 0.237 e. The van der Waals surface area contributed by atoms with Gasteiger partial charge >= 0.3 is 0 Å². The van der Waals surface area contributed by atoms with Gasteiger partial charge in [0.25, 0.3) is 0 Å². The molecule has 0 aliphatic carbocycles. The number of nitrogens with zero attached hydrogens (tertiary/aromatic N) is 2. The van der Waals surface area contributed by atoms with Crippen LogP contribution in [-0.4, -0.2) is 66.6 Å². The summed E-state index contributed by atoms with van der Waals surface area (Å²) in [5.41, 5.74) is 1.07. The van der Waals surface area contributed by atoms with Crippen LogP contribution >= 0.6 is 0 Å². The topological polar surface area (TPSA) is 47.6 Å². The molecule has 2 fully saturated rings. The summed E-state index contributed by atoms with van der Waals surface area (Å²) in [6.07, 6.45) is 4.31. The van der Waals surface area contributed by atoms with Gasteiger partial charge in [0, 0.05) is 31.7 Å². The van der Waals surface area contributed by atoms with Gasteiger partial charge in [0.15, 0.2) is 0 Å². The molecular weight excluding hydrogens is 355 g/mol. The third kappa shape index (κ3) is 5.52. The van der Waals surface area contributed by atoms with E-state index in [1.54, 1.807) is 0 Å². The summed E-state index contributed by atoms with van der Waals surface area (Å²) in [5.74, 6) is -0.0499. The number of hydrogen-bond acceptors (Lipinski definition) is 4. The van der Waals surface area contributed by atoms with Gasteiger partial charge in [-0.3, -0.25) is 9.69 Å². The monoisotopic (exact) mass is 390 g/mol. The number of amides is 1. The lowest BCUT2D eigenvalue weighted by Crippen LogP contribution is -2.51. The maximum absolute atomic E-state index is 13.1. The first-order valence-electron chi connectivity index (χ1n) is 10.8. The molecule has 0 unspecified atom stereocenters. The number of halogens is 1. The Morgan fingerprint density at radius 3 is 2.54 bits per heavy atom. The molecule has 1 aromatic carbocycles. The Balaban J connectivity index is 1.59. The van der Waals surface area contributed by atoms with Crippen LogP contribution in [0, 0.1) is 5.82 Å². The molecule has 2 saturated heterocycles. The van der Waals surface area contributed by atoms with E-state index in [1.807, 2.05) is 19.1 Å². The first-order valence-corrected chi connectivity index (χ1v) is 10.8. The zero-order chi connectivity index (χ0) is 19.9. The minimum atomic E-state index is -0.207. The van der Waals surface area contributed by atoms with E-state index in [1.165, 1.54) is 25.1 Å².